The van der Waals surface area contributed by atoms with E-state index in [2.05, 4.69) is 19.4 Å². The predicted octanol–water partition coefficient (Wildman–Crippen LogP) is 1.73. The molecule has 3 rings (SSSR count). The molecule has 0 aromatic carbocycles. The van der Waals surface area contributed by atoms with Gasteiger partial charge in [0.25, 0.3) is 0 Å². The number of nitrogens with one attached hydrogen (secondary N) is 1. The van der Waals surface area contributed by atoms with Gasteiger partial charge < -0.3 is 14.3 Å². The van der Waals surface area contributed by atoms with Crippen molar-refractivity contribution in [2.45, 2.75) is 13.5 Å². The fraction of sp³-hybridized carbons (Fsp3) is 0.538. The normalized spacial score (nSPS) is 17.1. The summed E-state index contributed by atoms with van der Waals surface area (Å²) in [4.78, 5) is 10.2. The molecular formula is C13H18N4OS. The molecule has 0 unspecified atom stereocenters. The molecule has 0 radical (unpaired) electrons. The van der Waals surface area contributed by atoms with Gasteiger partial charge in [0.15, 0.2) is 10.4 Å². The average molecular weight is 278 g/mol. The van der Waals surface area contributed by atoms with Crippen molar-refractivity contribution < 1.29 is 4.74 Å². The lowest BCUT2D eigenvalue weighted by Crippen LogP contribution is -2.38. The zero-order chi connectivity index (χ0) is 13.2. The van der Waals surface area contributed by atoms with E-state index in [1.165, 1.54) is 0 Å². The second-order valence-electron chi connectivity index (χ2n) is 4.86. The van der Waals surface area contributed by atoms with E-state index in [1.54, 1.807) is 0 Å². The molecule has 2 aromatic rings. The predicted molar refractivity (Wildman–Crippen MR) is 76.9 cm³/mol. The molecule has 0 amide bonds. The van der Waals surface area contributed by atoms with Gasteiger partial charge in [-0.2, -0.15) is 0 Å². The summed E-state index contributed by atoms with van der Waals surface area (Å²) in [6, 6.07) is 4.04. The molecule has 5 nitrogen and oxygen atoms in total. The van der Waals surface area contributed by atoms with Gasteiger partial charge in [-0.15, -0.1) is 0 Å². The third-order valence-corrected chi connectivity index (χ3v) is 3.82. The van der Waals surface area contributed by atoms with Gasteiger partial charge >= 0.3 is 0 Å². The SMILES string of the molecule is Cc1ccc2[nH]c(=S)n(CCN3CCOCC3)c2n1. The lowest BCUT2D eigenvalue weighted by atomic mass is 10.3. The van der Waals surface area contributed by atoms with Crippen molar-refractivity contribution in [2.75, 3.05) is 32.8 Å². The highest BCUT2D eigenvalue weighted by atomic mass is 32.1. The molecule has 1 aliphatic rings. The third-order valence-electron chi connectivity index (χ3n) is 3.50. The molecule has 1 N–H and O–H groups in total. The monoisotopic (exact) mass is 278 g/mol. The molecule has 3 heterocycles. The Bertz CT molecular complexity index is 627. The maximum absolute atomic E-state index is 5.39. The molecule has 102 valence electrons. The Hall–Kier alpha value is -1.24. The summed E-state index contributed by atoms with van der Waals surface area (Å²) in [7, 11) is 0. The molecule has 2 aromatic heterocycles. The van der Waals surface area contributed by atoms with Crippen molar-refractivity contribution in [2.24, 2.45) is 0 Å². The topological polar surface area (TPSA) is 46.1 Å². The standard InChI is InChI=1S/C13H18N4OS/c1-10-2-3-11-12(14-10)17(13(19)15-11)5-4-16-6-8-18-9-7-16/h2-3H,4-9H2,1H3,(H,15,19). The Balaban J connectivity index is 1.81. The largest absolute Gasteiger partial charge is 0.379 e. The minimum Gasteiger partial charge on any atom is -0.379 e. The summed E-state index contributed by atoms with van der Waals surface area (Å²) in [5, 5.41) is 0. The number of H-pyrrole nitrogens is 1. The van der Waals surface area contributed by atoms with Gasteiger partial charge in [-0.1, -0.05) is 0 Å². The molecule has 1 aliphatic heterocycles. The highest BCUT2D eigenvalue weighted by Gasteiger charge is 2.12. The van der Waals surface area contributed by atoms with Gasteiger partial charge in [-0.3, -0.25) is 4.90 Å². The molecule has 1 saturated heterocycles. The van der Waals surface area contributed by atoms with Crippen molar-refractivity contribution in [3.8, 4) is 0 Å². The molecule has 0 spiro atoms. The van der Waals surface area contributed by atoms with Crippen LogP contribution in [0.4, 0.5) is 0 Å². The summed E-state index contributed by atoms with van der Waals surface area (Å²) in [6.07, 6.45) is 0. The number of fused-ring (bicyclic) bond motifs is 1. The summed E-state index contributed by atoms with van der Waals surface area (Å²) < 4.78 is 8.20. The fourth-order valence-corrected chi connectivity index (χ4v) is 2.69. The van der Waals surface area contributed by atoms with Crippen molar-refractivity contribution in [3.05, 3.63) is 22.6 Å². The lowest BCUT2D eigenvalue weighted by molar-refractivity contribution is 0.0364. The third kappa shape index (κ3) is 2.70. The second-order valence-corrected chi connectivity index (χ2v) is 5.25. The van der Waals surface area contributed by atoms with Crippen LogP contribution in [0.1, 0.15) is 5.69 Å². The van der Waals surface area contributed by atoms with Crippen LogP contribution in [0.15, 0.2) is 12.1 Å². The van der Waals surface area contributed by atoms with E-state index in [1.807, 2.05) is 19.1 Å². The second kappa shape index (κ2) is 5.40. The Morgan fingerprint density at radius 1 is 1.32 bits per heavy atom. The zero-order valence-electron chi connectivity index (χ0n) is 11.1. The molecular weight excluding hydrogens is 260 g/mol. The lowest BCUT2D eigenvalue weighted by Gasteiger charge is -2.26. The first-order chi connectivity index (χ1) is 9.24. The first-order valence-electron chi connectivity index (χ1n) is 6.60. The van der Waals surface area contributed by atoms with Gasteiger partial charge in [0.2, 0.25) is 0 Å². The quantitative estimate of drug-likeness (QED) is 0.869. The average Bonchev–Trinajstić information content (AvgIpc) is 2.73. The van der Waals surface area contributed by atoms with Crippen LogP contribution >= 0.6 is 12.2 Å². The van der Waals surface area contributed by atoms with Gasteiger partial charge in [-0.25, -0.2) is 4.98 Å². The van der Waals surface area contributed by atoms with Crippen LogP contribution in [0, 0.1) is 11.7 Å². The Morgan fingerprint density at radius 3 is 2.89 bits per heavy atom. The number of imidazole rings is 1. The molecule has 19 heavy (non-hydrogen) atoms. The maximum Gasteiger partial charge on any atom is 0.179 e. The number of nitrogens with zero attached hydrogens (tertiary/aromatic N) is 3. The first kappa shape index (κ1) is 12.8. The van der Waals surface area contributed by atoms with Crippen molar-refractivity contribution in [1.82, 2.24) is 19.4 Å². The first-order valence-corrected chi connectivity index (χ1v) is 7.01. The van der Waals surface area contributed by atoms with Gasteiger partial charge in [-0.05, 0) is 31.3 Å². The smallest absolute Gasteiger partial charge is 0.179 e. The van der Waals surface area contributed by atoms with Gasteiger partial charge in [0, 0.05) is 31.9 Å². The van der Waals surface area contributed by atoms with E-state index in [-0.39, 0.29) is 0 Å². The van der Waals surface area contributed by atoms with Crippen LogP contribution < -0.4 is 0 Å². The van der Waals surface area contributed by atoms with E-state index < -0.39 is 0 Å². The molecule has 0 atom stereocenters. The van der Waals surface area contributed by atoms with Crippen LogP contribution in [-0.2, 0) is 11.3 Å². The van der Waals surface area contributed by atoms with Crippen molar-refractivity contribution in [3.63, 3.8) is 0 Å². The number of hydrogen-bond donors (Lipinski definition) is 1. The minimum absolute atomic E-state index is 0.751. The van der Waals surface area contributed by atoms with Crippen molar-refractivity contribution >= 4 is 23.4 Å². The maximum atomic E-state index is 5.39. The van der Waals surface area contributed by atoms with Crippen LogP contribution in [-0.4, -0.2) is 52.3 Å². The molecule has 0 saturated carbocycles. The molecule has 0 aliphatic carbocycles. The fourth-order valence-electron chi connectivity index (χ4n) is 2.40. The zero-order valence-corrected chi connectivity index (χ0v) is 11.9. The molecule has 6 heteroatoms. The van der Waals surface area contributed by atoms with Gasteiger partial charge in [0.05, 0.1) is 18.7 Å². The highest BCUT2D eigenvalue weighted by molar-refractivity contribution is 7.71. The highest BCUT2D eigenvalue weighted by Crippen LogP contribution is 2.12. The number of pyridine rings is 1. The minimum atomic E-state index is 0.751. The van der Waals surface area contributed by atoms with E-state index >= 15 is 0 Å². The van der Waals surface area contributed by atoms with E-state index in [0.717, 1.165) is 61.0 Å². The summed E-state index contributed by atoms with van der Waals surface area (Å²) in [6.45, 7) is 7.52. The number of aryl methyl sites for hydroxylation is 1. The van der Waals surface area contributed by atoms with Crippen molar-refractivity contribution in [1.29, 1.82) is 0 Å². The summed E-state index contributed by atoms with van der Waals surface area (Å²) in [5.41, 5.74) is 2.98. The number of aromatic amines is 1. The summed E-state index contributed by atoms with van der Waals surface area (Å²) in [5.74, 6) is 0. The van der Waals surface area contributed by atoms with Gasteiger partial charge in [0.1, 0.15) is 0 Å². The Morgan fingerprint density at radius 2 is 2.11 bits per heavy atom. The number of rotatable bonds is 3. The number of ether oxygens (including phenoxy) is 1. The van der Waals surface area contributed by atoms with E-state index in [9.17, 15) is 0 Å². The van der Waals surface area contributed by atoms with Crippen LogP contribution in [0.2, 0.25) is 0 Å². The Kier molecular flexibility index (Phi) is 3.63. The molecule has 0 bridgehead atoms. The van der Waals surface area contributed by atoms with Crippen LogP contribution in [0.3, 0.4) is 0 Å². The number of morpholine rings is 1. The van der Waals surface area contributed by atoms with E-state index in [4.69, 9.17) is 17.0 Å². The van der Waals surface area contributed by atoms with Crippen LogP contribution in [0.25, 0.3) is 11.2 Å². The van der Waals surface area contributed by atoms with Crippen LogP contribution in [0.5, 0.6) is 0 Å². The Labute approximate surface area is 117 Å². The number of aromatic nitrogens is 3. The number of hydrogen-bond acceptors (Lipinski definition) is 4. The summed E-state index contributed by atoms with van der Waals surface area (Å²) >= 11 is 5.39. The van der Waals surface area contributed by atoms with E-state index in [0.29, 0.717) is 0 Å². The molecule has 1 fully saturated rings.